The molecule has 0 aliphatic heterocycles. The van der Waals surface area contributed by atoms with Gasteiger partial charge in [-0.25, -0.2) is 17.5 Å². The van der Waals surface area contributed by atoms with Crippen LogP contribution < -0.4 is 4.74 Å². The first-order valence-electron chi connectivity index (χ1n) is 6.95. The van der Waals surface area contributed by atoms with E-state index in [-0.39, 0.29) is 9.77 Å². The van der Waals surface area contributed by atoms with E-state index >= 15 is 0 Å². The highest BCUT2D eigenvalue weighted by Crippen LogP contribution is 2.28. The predicted molar refractivity (Wildman–Crippen MR) is 90.8 cm³/mol. The van der Waals surface area contributed by atoms with E-state index in [0.717, 1.165) is 26.8 Å². The van der Waals surface area contributed by atoms with Crippen LogP contribution in [0.25, 0.3) is 0 Å². The van der Waals surface area contributed by atoms with Crippen LogP contribution in [0.5, 0.6) is 5.75 Å². The molecule has 7 heteroatoms. The lowest BCUT2D eigenvalue weighted by Gasteiger charge is -2.10. The van der Waals surface area contributed by atoms with E-state index in [1.807, 2.05) is 19.9 Å². The number of rotatable bonds is 4. The number of carbonyl (C=O) groups excluding carboxylic acids is 1. The van der Waals surface area contributed by atoms with Gasteiger partial charge in [-0.1, -0.05) is 6.07 Å². The first-order valence-corrected chi connectivity index (χ1v) is 9.21. The molecule has 23 heavy (non-hydrogen) atoms. The van der Waals surface area contributed by atoms with Crippen LogP contribution in [0.1, 0.15) is 25.7 Å². The Labute approximate surface area is 140 Å². The summed E-state index contributed by atoms with van der Waals surface area (Å²) in [6.07, 6.45) is 0. The molecule has 2 rings (SSSR count). The second-order valence-corrected chi connectivity index (χ2v) is 8.83. The Bertz CT molecular complexity index is 851. The van der Waals surface area contributed by atoms with E-state index in [1.165, 1.54) is 20.2 Å². The molecule has 0 unspecified atom stereocenters. The maximum atomic E-state index is 12.3. The molecule has 0 saturated heterocycles. The highest BCUT2D eigenvalue weighted by molar-refractivity contribution is 7.89. The first kappa shape index (κ1) is 17.7. The van der Waals surface area contributed by atoms with Gasteiger partial charge in [0.2, 0.25) is 10.0 Å². The van der Waals surface area contributed by atoms with Crippen LogP contribution in [-0.4, -0.2) is 32.8 Å². The Balaban J connectivity index is 2.29. The fraction of sp³-hybridized carbons (Fsp3) is 0.312. The van der Waals surface area contributed by atoms with Crippen molar-refractivity contribution in [3.63, 3.8) is 0 Å². The smallest absolute Gasteiger partial charge is 0.353 e. The quantitative estimate of drug-likeness (QED) is 0.626. The zero-order chi connectivity index (χ0) is 17.4. The normalized spacial score (nSPS) is 11.7. The van der Waals surface area contributed by atoms with Gasteiger partial charge in [0.1, 0.15) is 10.6 Å². The summed E-state index contributed by atoms with van der Waals surface area (Å²) in [6, 6.07) is 6.75. The number of ether oxygens (including phenoxy) is 1. The summed E-state index contributed by atoms with van der Waals surface area (Å²) in [4.78, 5) is 13.2. The van der Waals surface area contributed by atoms with Crippen LogP contribution >= 0.6 is 11.3 Å². The summed E-state index contributed by atoms with van der Waals surface area (Å²) < 4.78 is 30.9. The second kappa shape index (κ2) is 6.43. The average Bonchev–Trinajstić information content (AvgIpc) is 2.85. The van der Waals surface area contributed by atoms with Gasteiger partial charge < -0.3 is 4.74 Å². The lowest BCUT2D eigenvalue weighted by molar-refractivity contribution is 0.0739. The lowest BCUT2D eigenvalue weighted by atomic mass is 10.1. The fourth-order valence-electron chi connectivity index (χ4n) is 1.95. The van der Waals surface area contributed by atoms with E-state index in [2.05, 4.69) is 0 Å². The molecular formula is C16H19NO4S2. The van der Waals surface area contributed by atoms with Gasteiger partial charge in [0.15, 0.2) is 0 Å². The summed E-state index contributed by atoms with van der Waals surface area (Å²) in [5.41, 5.74) is 2.13. The van der Waals surface area contributed by atoms with Crippen molar-refractivity contribution in [2.75, 3.05) is 14.1 Å². The number of hydrogen-bond donors (Lipinski definition) is 0. The molecule has 1 heterocycles. The largest absolute Gasteiger partial charge is 0.422 e. The van der Waals surface area contributed by atoms with Crippen LogP contribution in [0.2, 0.25) is 0 Å². The van der Waals surface area contributed by atoms with Gasteiger partial charge in [-0.2, -0.15) is 0 Å². The van der Waals surface area contributed by atoms with Crippen molar-refractivity contribution in [3.8, 4) is 5.75 Å². The van der Waals surface area contributed by atoms with Crippen molar-refractivity contribution in [2.45, 2.75) is 25.7 Å². The van der Waals surface area contributed by atoms with Crippen molar-refractivity contribution >= 4 is 27.3 Å². The number of benzene rings is 1. The molecule has 0 amide bonds. The average molecular weight is 353 g/mol. The minimum absolute atomic E-state index is 0.138. The Morgan fingerprint density at radius 2 is 1.74 bits per heavy atom. The van der Waals surface area contributed by atoms with Gasteiger partial charge in [-0.15, -0.1) is 11.3 Å². The van der Waals surface area contributed by atoms with Crippen LogP contribution in [-0.2, 0) is 10.0 Å². The molecule has 5 nitrogen and oxygen atoms in total. The van der Waals surface area contributed by atoms with Crippen LogP contribution in [0, 0.1) is 20.8 Å². The summed E-state index contributed by atoms with van der Waals surface area (Å²) in [7, 11) is -0.654. The summed E-state index contributed by atoms with van der Waals surface area (Å²) in [6.45, 7) is 5.58. The zero-order valence-electron chi connectivity index (χ0n) is 13.7. The van der Waals surface area contributed by atoms with Crippen LogP contribution in [0.3, 0.4) is 0 Å². The molecule has 1 aromatic heterocycles. The standard InChI is InChI=1S/C16H19NO4S2/c1-10-6-7-13(8-11(10)2)21-16(18)14-9-15(12(3)22-14)23(19,20)17(4)5/h6-9H,1-5H3. The van der Waals surface area contributed by atoms with Gasteiger partial charge >= 0.3 is 5.97 Å². The number of esters is 1. The second-order valence-electron chi connectivity index (χ2n) is 5.45. The minimum atomic E-state index is -3.57. The maximum absolute atomic E-state index is 12.3. The molecule has 2 aromatic rings. The van der Waals surface area contributed by atoms with Crippen molar-refractivity contribution < 1.29 is 17.9 Å². The molecule has 0 aliphatic rings. The van der Waals surface area contributed by atoms with Crippen molar-refractivity contribution in [3.05, 3.63) is 45.1 Å². The Morgan fingerprint density at radius 1 is 1.09 bits per heavy atom. The zero-order valence-corrected chi connectivity index (χ0v) is 15.3. The van der Waals surface area contributed by atoms with Gasteiger partial charge in [0, 0.05) is 19.0 Å². The van der Waals surface area contributed by atoms with Gasteiger partial charge in [0.25, 0.3) is 0 Å². The Morgan fingerprint density at radius 3 is 2.30 bits per heavy atom. The van der Waals surface area contributed by atoms with E-state index in [9.17, 15) is 13.2 Å². The third kappa shape index (κ3) is 3.63. The SMILES string of the molecule is Cc1ccc(OC(=O)c2cc(S(=O)(=O)N(C)C)c(C)s2)cc1C. The fourth-order valence-corrected chi connectivity index (χ4v) is 4.28. The van der Waals surface area contributed by atoms with Crippen LogP contribution in [0.4, 0.5) is 0 Å². The molecule has 0 radical (unpaired) electrons. The number of nitrogens with zero attached hydrogens (tertiary/aromatic N) is 1. The van der Waals surface area contributed by atoms with E-state index < -0.39 is 16.0 Å². The van der Waals surface area contributed by atoms with Crippen molar-refractivity contribution in [2.24, 2.45) is 0 Å². The molecule has 0 fully saturated rings. The molecule has 124 valence electrons. The van der Waals surface area contributed by atoms with Crippen LogP contribution in [0.15, 0.2) is 29.2 Å². The highest BCUT2D eigenvalue weighted by atomic mass is 32.2. The third-order valence-electron chi connectivity index (χ3n) is 3.52. The molecule has 0 spiro atoms. The Hall–Kier alpha value is -1.70. The number of hydrogen-bond acceptors (Lipinski definition) is 5. The van der Waals surface area contributed by atoms with Gasteiger partial charge in [-0.05, 0) is 50.1 Å². The molecule has 0 atom stereocenters. The molecule has 0 N–H and O–H groups in total. The number of aryl methyl sites for hydroxylation is 3. The maximum Gasteiger partial charge on any atom is 0.353 e. The molecule has 0 aliphatic carbocycles. The third-order valence-corrected chi connectivity index (χ3v) is 6.62. The van der Waals surface area contributed by atoms with E-state index in [4.69, 9.17) is 4.74 Å². The Kier molecular flexibility index (Phi) is 4.93. The predicted octanol–water partition coefficient (Wildman–Crippen LogP) is 3.14. The number of carbonyl (C=O) groups is 1. The first-order chi connectivity index (χ1) is 10.6. The molecule has 0 saturated carbocycles. The van der Waals surface area contributed by atoms with Gasteiger partial charge in [0.05, 0.1) is 4.90 Å². The van der Waals surface area contributed by atoms with Crippen molar-refractivity contribution in [1.82, 2.24) is 4.31 Å². The van der Waals surface area contributed by atoms with Crippen molar-refractivity contribution in [1.29, 1.82) is 0 Å². The summed E-state index contributed by atoms with van der Waals surface area (Å²) in [5.74, 6) is -0.109. The highest BCUT2D eigenvalue weighted by Gasteiger charge is 2.25. The lowest BCUT2D eigenvalue weighted by Crippen LogP contribution is -2.22. The number of sulfonamides is 1. The summed E-state index contributed by atoms with van der Waals surface area (Å²) in [5, 5.41) is 0. The summed E-state index contributed by atoms with van der Waals surface area (Å²) >= 11 is 1.11. The molecular weight excluding hydrogens is 334 g/mol. The monoisotopic (exact) mass is 353 g/mol. The molecule has 0 bridgehead atoms. The minimum Gasteiger partial charge on any atom is -0.422 e. The van der Waals surface area contributed by atoms with E-state index in [0.29, 0.717) is 10.6 Å². The van der Waals surface area contributed by atoms with Gasteiger partial charge in [-0.3, -0.25) is 0 Å². The molecule has 1 aromatic carbocycles. The number of thiophene rings is 1. The van der Waals surface area contributed by atoms with E-state index in [1.54, 1.807) is 19.1 Å². The topological polar surface area (TPSA) is 63.7 Å².